The predicted octanol–water partition coefficient (Wildman–Crippen LogP) is 7.23. The topological polar surface area (TPSA) is 96.2 Å². The molecule has 1 saturated heterocycles. The van der Waals surface area contributed by atoms with Gasteiger partial charge in [-0.15, -0.1) is 0 Å². The second-order valence-corrected chi connectivity index (χ2v) is 22.0. The molecule has 0 unspecified atom stereocenters. The Morgan fingerprint density at radius 3 is 2.50 bits per heavy atom. The Balaban J connectivity index is 1.15. The molecule has 0 bridgehead atoms. The molecule has 0 radical (unpaired) electrons. The molecule has 0 spiro atoms. The molecule has 3 aliphatic rings. The van der Waals surface area contributed by atoms with Crippen molar-refractivity contribution in [2.24, 2.45) is 0 Å². The minimum Gasteiger partial charge on any atom is -0.491 e. The van der Waals surface area contributed by atoms with Gasteiger partial charge in [0.1, 0.15) is 24.7 Å². The highest BCUT2D eigenvalue weighted by atomic mass is 28.3. The van der Waals surface area contributed by atoms with Crippen LogP contribution in [0.1, 0.15) is 45.8 Å². The Bertz CT molecular complexity index is 2130. The summed E-state index contributed by atoms with van der Waals surface area (Å²) in [5.41, 5.74) is 8.68. The minimum atomic E-state index is -1.28. The van der Waals surface area contributed by atoms with Gasteiger partial charge in [-0.25, -0.2) is 4.98 Å². The van der Waals surface area contributed by atoms with E-state index in [2.05, 4.69) is 65.3 Å². The van der Waals surface area contributed by atoms with Crippen molar-refractivity contribution in [3.8, 4) is 28.3 Å². The Morgan fingerprint density at radius 1 is 0.926 bits per heavy atom. The monoisotopic (exact) mass is 744 g/mol. The summed E-state index contributed by atoms with van der Waals surface area (Å²) >= 11 is 0. The van der Waals surface area contributed by atoms with E-state index < -0.39 is 8.07 Å². The second-order valence-electron chi connectivity index (χ2n) is 16.3. The molecule has 11 heteroatoms. The van der Waals surface area contributed by atoms with Gasteiger partial charge in [0.25, 0.3) is 5.91 Å². The van der Waals surface area contributed by atoms with Crippen LogP contribution in [0.2, 0.25) is 25.7 Å². The van der Waals surface area contributed by atoms with Crippen LogP contribution in [0.4, 0.5) is 5.69 Å². The molecule has 0 atom stereocenters. The number of aliphatic hydroxyl groups excluding tert-OH is 1. The lowest BCUT2D eigenvalue weighted by Crippen LogP contribution is -2.43. The van der Waals surface area contributed by atoms with Crippen LogP contribution >= 0.6 is 0 Å². The van der Waals surface area contributed by atoms with Crippen molar-refractivity contribution in [2.45, 2.75) is 64.3 Å². The summed E-state index contributed by atoms with van der Waals surface area (Å²) in [7, 11) is 0.895. The molecule has 3 aromatic heterocycles. The third-order valence-electron chi connectivity index (χ3n) is 11.1. The van der Waals surface area contributed by atoms with Crippen LogP contribution in [-0.4, -0.2) is 96.4 Å². The third kappa shape index (κ3) is 7.74. The molecule has 1 aliphatic carbocycles. The number of aromatic nitrogens is 3. The van der Waals surface area contributed by atoms with Crippen LogP contribution < -0.4 is 9.64 Å². The van der Waals surface area contributed by atoms with Gasteiger partial charge in [-0.3, -0.25) is 19.2 Å². The van der Waals surface area contributed by atoms with Gasteiger partial charge in [-0.05, 0) is 90.5 Å². The van der Waals surface area contributed by atoms with E-state index in [-0.39, 0.29) is 12.5 Å². The van der Waals surface area contributed by atoms with Gasteiger partial charge in [0.15, 0.2) is 0 Å². The number of amides is 1. The van der Waals surface area contributed by atoms with Crippen LogP contribution in [0.5, 0.6) is 5.75 Å². The van der Waals surface area contributed by atoms with Crippen molar-refractivity contribution in [1.82, 2.24) is 24.3 Å². The van der Waals surface area contributed by atoms with Crippen LogP contribution in [-0.2, 0) is 24.6 Å². The van der Waals surface area contributed by atoms with E-state index in [1.165, 1.54) is 24.0 Å². The van der Waals surface area contributed by atoms with Gasteiger partial charge in [0.2, 0.25) is 0 Å². The number of aliphatic hydroxyl groups is 1. The van der Waals surface area contributed by atoms with Gasteiger partial charge >= 0.3 is 0 Å². The van der Waals surface area contributed by atoms with E-state index in [4.69, 9.17) is 19.4 Å². The summed E-state index contributed by atoms with van der Waals surface area (Å²) in [6.45, 7) is 13.8. The lowest BCUT2D eigenvalue weighted by Gasteiger charge is -2.32. The number of likely N-dealkylation sites (N-methyl/N-ethyl adjacent to an activating group) is 1. The number of carbonyl (C=O) groups is 1. The van der Waals surface area contributed by atoms with Gasteiger partial charge in [0, 0.05) is 70.7 Å². The lowest BCUT2D eigenvalue weighted by molar-refractivity contribution is 0.0908. The number of anilines is 1. The quantitative estimate of drug-likeness (QED) is 0.106. The van der Waals surface area contributed by atoms with Crippen molar-refractivity contribution in [3.63, 3.8) is 0 Å². The molecule has 5 heterocycles. The Hall–Kier alpha value is -4.39. The van der Waals surface area contributed by atoms with Gasteiger partial charge in [-0.2, -0.15) is 0 Å². The van der Waals surface area contributed by atoms with Crippen LogP contribution in [0, 0.1) is 0 Å². The van der Waals surface area contributed by atoms with Crippen molar-refractivity contribution in [1.29, 1.82) is 0 Å². The summed E-state index contributed by atoms with van der Waals surface area (Å²) in [5.74, 6) is 1.09. The number of pyridine rings is 2. The number of carbonyl (C=O) groups excluding carboxylic acids is 1. The molecule has 1 amide bonds. The normalized spacial score (nSPS) is 17.1. The number of ether oxygens (including phenoxy) is 2. The van der Waals surface area contributed by atoms with E-state index in [0.29, 0.717) is 55.0 Å². The van der Waals surface area contributed by atoms with Gasteiger partial charge in [-0.1, -0.05) is 43.9 Å². The maximum absolute atomic E-state index is 14.1. The van der Waals surface area contributed by atoms with E-state index in [1.807, 2.05) is 48.8 Å². The molecule has 8 rings (SSSR count). The fourth-order valence-electron chi connectivity index (χ4n) is 7.67. The molecule has 2 fully saturated rings. The standard InChI is InChI=1S/C43H52N6O4Si/c1-46-16-18-47(19-17-46)27-30-8-13-38(45-26-30)40-25-36-34(14-15-44-42(36)49(40)29-52-22-23-54(2,3)4)33-6-5-7-39(37(33)28-50)48-20-21-53-41-24-32(31-9-10-31)11-12-35(41)43(48)51/h5-8,11-15,24-26,31,50H,9-10,16-23,27-29H2,1-4H3. The van der Waals surface area contributed by atoms with Crippen molar-refractivity contribution in [3.05, 3.63) is 95.3 Å². The van der Waals surface area contributed by atoms with Crippen LogP contribution in [0.15, 0.2) is 73.1 Å². The summed E-state index contributed by atoms with van der Waals surface area (Å²) < 4.78 is 14.6. The Kier molecular flexibility index (Phi) is 10.4. The molecule has 282 valence electrons. The summed E-state index contributed by atoms with van der Waals surface area (Å²) in [4.78, 5) is 30.6. The maximum atomic E-state index is 14.1. The average Bonchev–Trinajstić information content (AvgIpc) is 3.98. The molecule has 10 nitrogen and oxygen atoms in total. The largest absolute Gasteiger partial charge is 0.491 e. The molecule has 2 aliphatic heterocycles. The number of hydrogen-bond acceptors (Lipinski definition) is 8. The van der Waals surface area contributed by atoms with E-state index >= 15 is 0 Å². The number of piperazine rings is 1. The zero-order valence-electron chi connectivity index (χ0n) is 32.1. The third-order valence-corrected chi connectivity index (χ3v) is 12.8. The lowest BCUT2D eigenvalue weighted by atomic mass is 9.96. The summed E-state index contributed by atoms with van der Waals surface area (Å²) in [6, 6.07) is 21.4. The van der Waals surface area contributed by atoms with E-state index in [1.54, 1.807) is 4.90 Å². The molecular weight excluding hydrogens is 693 g/mol. The number of fused-ring (bicyclic) bond motifs is 2. The molecule has 5 aromatic rings. The van der Waals surface area contributed by atoms with Gasteiger partial charge in [0.05, 0.1) is 35.8 Å². The summed E-state index contributed by atoms with van der Waals surface area (Å²) in [5, 5.41) is 11.9. The van der Waals surface area contributed by atoms with E-state index in [9.17, 15) is 9.90 Å². The minimum absolute atomic E-state index is 0.123. The number of hydrogen-bond donors (Lipinski definition) is 1. The van der Waals surface area contributed by atoms with Crippen molar-refractivity contribution < 1.29 is 19.4 Å². The fraction of sp³-hybridized carbons (Fsp3) is 0.419. The molecular formula is C43H52N6O4Si. The first-order chi connectivity index (χ1) is 26.2. The second kappa shape index (κ2) is 15.4. The highest BCUT2D eigenvalue weighted by molar-refractivity contribution is 6.76. The highest BCUT2D eigenvalue weighted by Crippen LogP contribution is 2.43. The first-order valence-corrected chi connectivity index (χ1v) is 23.1. The molecule has 2 aromatic carbocycles. The first kappa shape index (κ1) is 36.6. The predicted molar refractivity (Wildman–Crippen MR) is 217 cm³/mol. The molecule has 54 heavy (non-hydrogen) atoms. The SMILES string of the molecule is CN1CCN(Cc2ccc(-c3cc4c(-c5cccc(N6CCOc7cc(C8CC8)ccc7C6=O)c5CO)ccnc4n3COCC[Si](C)(C)C)nc2)CC1. The van der Waals surface area contributed by atoms with Crippen molar-refractivity contribution in [2.75, 3.05) is 57.9 Å². The fourth-order valence-corrected chi connectivity index (χ4v) is 8.43. The number of benzene rings is 2. The Morgan fingerprint density at radius 2 is 1.76 bits per heavy atom. The van der Waals surface area contributed by atoms with Crippen LogP contribution in [0.3, 0.4) is 0 Å². The molecule has 1 N–H and O–H groups in total. The smallest absolute Gasteiger partial charge is 0.262 e. The van der Waals surface area contributed by atoms with Gasteiger partial charge < -0.3 is 24.4 Å². The zero-order valence-corrected chi connectivity index (χ0v) is 33.1. The van der Waals surface area contributed by atoms with E-state index in [0.717, 1.165) is 72.3 Å². The zero-order chi connectivity index (χ0) is 37.4. The number of rotatable bonds is 12. The van der Waals surface area contributed by atoms with Crippen LogP contribution in [0.25, 0.3) is 33.5 Å². The maximum Gasteiger partial charge on any atom is 0.262 e. The average molecular weight is 745 g/mol. The first-order valence-electron chi connectivity index (χ1n) is 19.4. The summed E-state index contributed by atoms with van der Waals surface area (Å²) in [6.07, 6.45) is 6.18. The Labute approximate surface area is 319 Å². The number of nitrogens with zero attached hydrogens (tertiary/aromatic N) is 6. The highest BCUT2D eigenvalue weighted by Gasteiger charge is 2.30. The molecule has 1 saturated carbocycles. The van der Waals surface area contributed by atoms with Crippen molar-refractivity contribution >= 4 is 30.7 Å².